The molecular weight excluding hydrogens is 145 g/mol. The minimum atomic E-state index is -0.287. The van der Waals surface area contributed by atoms with Crippen LogP contribution in [0.5, 0.6) is 5.88 Å². The molecule has 9 heavy (non-hydrogen) atoms. The average Bonchev–Trinajstić information content (AvgIpc) is 1.85. The molecule has 0 spiro atoms. The summed E-state index contributed by atoms with van der Waals surface area (Å²) in [7, 11) is 1.62. The van der Waals surface area contributed by atoms with Crippen LogP contribution >= 0.6 is 0 Å². The average molecular weight is 151 g/mol. The van der Waals surface area contributed by atoms with Crippen LogP contribution in [0, 0.1) is 0 Å². The van der Waals surface area contributed by atoms with Gasteiger partial charge in [-0.3, -0.25) is 4.68 Å². The molecule has 4 nitrogen and oxygen atoms in total. The first-order chi connectivity index (χ1) is 3.70. The number of hydrogen-bond acceptors (Lipinski definition) is 3. The van der Waals surface area contributed by atoms with Gasteiger partial charge in [-0.05, 0) is 6.07 Å². The molecule has 5 heteroatoms. The van der Waals surface area contributed by atoms with Crippen LogP contribution in [-0.4, -0.2) is 9.78 Å². The fraction of sp³-hybridized carbons (Fsp3) is 0.250. The SMILES string of the molecule is Cn1nc([O-])cc1N.[K+]. The molecule has 2 N–H and O–H groups in total. The van der Waals surface area contributed by atoms with E-state index in [0.717, 1.165) is 0 Å². The normalized spacial score (nSPS) is 8.56. The van der Waals surface area contributed by atoms with Crippen LogP contribution < -0.4 is 62.2 Å². The maximum atomic E-state index is 10.3. The Kier molecular flexibility index (Phi) is 3.75. The van der Waals surface area contributed by atoms with Crippen molar-refractivity contribution in [1.29, 1.82) is 0 Å². The van der Waals surface area contributed by atoms with E-state index in [4.69, 9.17) is 5.73 Å². The monoisotopic (exact) mass is 151 g/mol. The van der Waals surface area contributed by atoms with Gasteiger partial charge in [0.2, 0.25) is 0 Å². The third-order valence-corrected chi connectivity index (χ3v) is 0.894. The Morgan fingerprint density at radius 1 is 1.78 bits per heavy atom. The van der Waals surface area contributed by atoms with Crippen LogP contribution in [0.3, 0.4) is 0 Å². The minimum absolute atomic E-state index is 0. The Hall–Kier alpha value is 0.446. The number of rotatable bonds is 0. The van der Waals surface area contributed by atoms with Crippen molar-refractivity contribution in [2.75, 3.05) is 5.73 Å². The summed E-state index contributed by atoms with van der Waals surface area (Å²) in [4.78, 5) is 0. The van der Waals surface area contributed by atoms with E-state index in [-0.39, 0.29) is 57.3 Å². The fourth-order valence-corrected chi connectivity index (χ4v) is 0.454. The van der Waals surface area contributed by atoms with E-state index in [1.807, 2.05) is 0 Å². The first-order valence-electron chi connectivity index (χ1n) is 2.16. The maximum Gasteiger partial charge on any atom is 1.00 e. The number of nitrogens with zero attached hydrogens (tertiary/aromatic N) is 2. The van der Waals surface area contributed by atoms with Crippen LogP contribution in [0.1, 0.15) is 0 Å². The largest absolute Gasteiger partial charge is 1.00 e. The summed E-state index contributed by atoms with van der Waals surface area (Å²) in [6, 6.07) is 1.28. The summed E-state index contributed by atoms with van der Waals surface area (Å²) in [6.45, 7) is 0. The van der Waals surface area contributed by atoms with Gasteiger partial charge in [0.1, 0.15) is 5.82 Å². The molecule has 0 amide bonds. The minimum Gasteiger partial charge on any atom is -0.857 e. The Balaban J connectivity index is 0.000000640. The second-order valence-electron chi connectivity index (χ2n) is 1.53. The van der Waals surface area contributed by atoms with Crippen molar-refractivity contribution in [3.05, 3.63) is 6.07 Å². The molecule has 1 heterocycles. The Bertz CT molecular complexity index is 178. The third-order valence-electron chi connectivity index (χ3n) is 0.894. The third kappa shape index (κ3) is 2.27. The van der Waals surface area contributed by atoms with Gasteiger partial charge in [0.25, 0.3) is 0 Å². The van der Waals surface area contributed by atoms with Gasteiger partial charge in [0.05, 0.1) is 0 Å². The molecule has 0 atom stereocenters. The molecule has 0 aromatic carbocycles. The van der Waals surface area contributed by atoms with Crippen molar-refractivity contribution in [2.45, 2.75) is 0 Å². The van der Waals surface area contributed by atoms with Crippen molar-refractivity contribution in [3.63, 3.8) is 0 Å². The molecule has 0 radical (unpaired) electrons. The molecule has 0 aliphatic rings. The van der Waals surface area contributed by atoms with Crippen molar-refractivity contribution < 1.29 is 56.5 Å². The summed E-state index contributed by atoms with van der Waals surface area (Å²) in [5.74, 6) is 0.111. The summed E-state index contributed by atoms with van der Waals surface area (Å²) >= 11 is 0. The van der Waals surface area contributed by atoms with Crippen LogP contribution in [0.15, 0.2) is 6.07 Å². The second kappa shape index (κ2) is 3.57. The van der Waals surface area contributed by atoms with Crippen molar-refractivity contribution in [3.8, 4) is 5.88 Å². The van der Waals surface area contributed by atoms with Gasteiger partial charge in [-0.2, -0.15) is 5.10 Å². The van der Waals surface area contributed by atoms with Crippen molar-refractivity contribution in [1.82, 2.24) is 9.78 Å². The van der Waals surface area contributed by atoms with Crippen LogP contribution in [-0.2, 0) is 7.05 Å². The predicted octanol–water partition coefficient (Wildman–Crippen LogP) is -3.92. The first-order valence-corrected chi connectivity index (χ1v) is 2.16. The zero-order valence-electron chi connectivity index (χ0n) is 5.46. The summed E-state index contributed by atoms with van der Waals surface area (Å²) in [6.07, 6.45) is 0. The zero-order chi connectivity index (χ0) is 6.15. The van der Waals surface area contributed by atoms with E-state index in [1.54, 1.807) is 7.05 Å². The van der Waals surface area contributed by atoms with Gasteiger partial charge in [0, 0.05) is 12.9 Å². The summed E-state index contributed by atoms with van der Waals surface area (Å²) < 4.78 is 1.34. The zero-order valence-corrected chi connectivity index (χ0v) is 8.58. The number of nitrogens with two attached hydrogens (primary N) is 1. The van der Waals surface area contributed by atoms with Gasteiger partial charge in [-0.1, -0.05) is 0 Å². The smallest absolute Gasteiger partial charge is 0.857 e. The fourth-order valence-electron chi connectivity index (χ4n) is 0.454. The molecule has 0 unspecified atom stereocenters. The molecule has 0 bridgehead atoms. The standard InChI is InChI=1S/C4H7N3O.K/c1-7-3(5)2-4(8)6-7;/h2H,5H2,1H3,(H,6,8);/q;+1/p-1. The topological polar surface area (TPSA) is 66.9 Å². The number of anilines is 1. The van der Waals surface area contributed by atoms with Crippen LogP contribution in [0.25, 0.3) is 0 Å². The maximum absolute atomic E-state index is 10.3. The van der Waals surface area contributed by atoms with E-state index in [9.17, 15) is 5.11 Å². The molecule has 0 aliphatic heterocycles. The van der Waals surface area contributed by atoms with E-state index < -0.39 is 0 Å². The molecule has 1 aromatic heterocycles. The van der Waals surface area contributed by atoms with Gasteiger partial charge < -0.3 is 10.8 Å². The summed E-state index contributed by atoms with van der Waals surface area (Å²) in [5, 5.41) is 13.7. The van der Waals surface area contributed by atoms with Gasteiger partial charge in [0.15, 0.2) is 0 Å². The number of aryl methyl sites for hydroxylation is 1. The molecule has 0 saturated heterocycles. The quantitative estimate of drug-likeness (QED) is 0.385. The van der Waals surface area contributed by atoms with Gasteiger partial charge in [-0.25, -0.2) is 0 Å². The van der Waals surface area contributed by atoms with Crippen LogP contribution in [0.2, 0.25) is 0 Å². The van der Waals surface area contributed by atoms with E-state index >= 15 is 0 Å². The predicted molar refractivity (Wildman–Crippen MR) is 27.1 cm³/mol. The number of aromatic nitrogens is 2. The Labute approximate surface area is 95.5 Å². The van der Waals surface area contributed by atoms with E-state index in [2.05, 4.69) is 5.10 Å². The van der Waals surface area contributed by atoms with Crippen molar-refractivity contribution in [2.24, 2.45) is 7.05 Å². The van der Waals surface area contributed by atoms with Gasteiger partial charge in [-0.15, -0.1) is 0 Å². The van der Waals surface area contributed by atoms with E-state index in [0.29, 0.717) is 5.82 Å². The molecule has 0 aliphatic carbocycles. The summed E-state index contributed by atoms with van der Waals surface area (Å²) in [5.41, 5.74) is 5.24. The Morgan fingerprint density at radius 3 is 2.44 bits per heavy atom. The van der Waals surface area contributed by atoms with Gasteiger partial charge >= 0.3 is 51.4 Å². The Morgan fingerprint density at radius 2 is 2.33 bits per heavy atom. The number of hydrogen-bond donors (Lipinski definition) is 1. The molecule has 44 valence electrons. The first kappa shape index (κ1) is 9.45. The second-order valence-corrected chi connectivity index (χ2v) is 1.53. The molecular formula is C4H6KN3O. The van der Waals surface area contributed by atoms with Crippen molar-refractivity contribution >= 4 is 5.82 Å². The van der Waals surface area contributed by atoms with Crippen LogP contribution in [0.4, 0.5) is 5.82 Å². The molecule has 0 fully saturated rings. The number of nitrogen functional groups attached to an aromatic ring is 1. The molecule has 0 saturated carbocycles. The molecule has 1 rings (SSSR count). The molecule has 1 aromatic rings. The van der Waals surface area contributed by atoms with E-state index in [1.165, 1.54) is 10.7 Å².